The molecular weight excluding hydrogens is 625 g/mol. The van der Waals surface area contributed by atoms with Gasteiger partial charge in [-0.2, -0.15) is 10.5 Å². The predicted molar refractivity (Wildman–Crippen MR) is 206 cm³/mol. The SMILES string of the molecule is [C-]#[N+]c1ccc2c(c1)c1ccccc1n2-c1cc(C#N)ccc1-c1ccc(C#N)c([Si](c2ccccc2)(c2ccccc2)c2ccccc2)c1. The van der Waals surface area contributed by atoms with Crippen LogP contribution in [0.1, 0.15) is 11.1 Å². The lowest BCUT2D eigenvalue weighted by Crippen LogP contribution is -2.75. The highest BCUT2D eigenvalue weighted by atomic mass is 28.3. The minimum Gasteiger partial charge on any atom is -0.309 e. The Morgan fingerprint density at radius 2 is 1.14 bits per heavy atom. The highest BCUT2D eigenvalue weighted by Crippen LogP contribution is 2.38. The van der Waals surface area contributed by atoms with Crippen LogP contribution in [0.25, 0.3) is 43.5 Å². The van der Waals surface area contributed by atoms with Crippen LogP contribution < -0.4 is 20.7 Å². The Bertz CT molecular complexity index is 2580. The maximum Gasteiger partial charge on any atom is 0.188 e. The molecule has 5 heteroatoms. The molecule has 0 atom stereocenters. The number of hydrogen-bond acceptors (Lipinski definition) is 2. The van der Waals surface area contributed by atoms with Crippen molar-refractivity contribution in [1.82, 2.24) is 4.57 Å². The highest BCUT2D eigenvalue weighted by Gasteiger charge is 2.43. The molecule has 0 aliphatic rings. The van der Waals surface area contributed by atoms with Crippen LogP contribution in [0.4, 0.5) is 5.69 Å². The monoisotopic (exact) mass is 652 g/mol. The smallest absolute Gasteiger partial charge is 0.188 e. The molecular formula is C45H28N4Si. The van der Waals surface area contributed by atoms with Crippen LogP contribution in [0.3, 0.4) is 0 Å². The lowest BCUT2D eigenvalue weighted by molar-refractivity contribution is 1.18. The quantitative estimate of drug-likeness (QED) is 0.104. The summed E-state index contributed by atoms with van der Waals surface area (Å²) >= 11 is 0. The van der Waals surface area contributed by atoms with E-state index in [0.29, 0.717) is 16.8 Å². The fraction of sp³-hybridized carbons (Fsp3) is 0. The fourth-order valence-electron chi connectivity index (χ4n) is 7.47. The van der Waals surface area contributed by atoms with Crippen molar-refractivity contribution >= 4 is 56.3 Å². The number of nitriles is 2. The molecule has 4 nitrogen and oxygen atoms in total. The van der Waals surface area contributed by atoms with E-state index in [1.807, 2.05) is 78.9 Å². The summed E-state index contributed by atoms with van der Waals surface area (Å²) in [5, 5.41) is 27.4. The molecule has 1 aromatic heterocycles. The Morgan fingerprint density at radius 3 is 1.74 bits per heavy atom. The summed E-state index contributed by atoms with van der Waals surface area (Å²) in [7, 11) is -3.04. The zero-order valence-electron chi connectivity index (χ0n) is 27.0. The molecule has 0 fully saturated rings. The molecule has 0 saturated carbocycles. The van der Waals surface area contributed by atoms with Crippen molar-refractivity contribution < 1.29 is 0 Å². The van der Waals surface area contributed by atoms with Crippen LogP contribution in [-0.4, -0.2) is 12.6 Å². The van der Waals surface area contributed by atoms with Crippen molar-refractivity contribution in [2.45, 2.75) is 0 Å². The Labute approximate surface area is 291 Å². The van der Waals surface area contributed by atoms with E-state index in [9.17, 15) is 10.5 Å². The van der Waals surface area contributed by atoms with E-state index < -0.39 is 8.07 Å². The molecule has 7 aromatic carbocycles. The first kappa shape index (κ1) is 30.4. The second-order valence-electron chi connectivity index (χ2n) is 12.2. The van der Waals surface area contributed by atoms with Gasteiger partial charge in [-0.25, -0.2) is 4.85 Å². The second-order valence-corrected chi connectivity index (χ2v) is 16.0. The molecule has 0 aliphatic heterocycles. The topological polar surface area (TPSA) is 56.9 Å². The van der Waals surface area contributed by atoms with Gasteiger partial charge in [-0.3, -0.25) is 0 Å². The number of nitrogens with zero attached hydrogens (tertiary/aromatic N) is 4. The third kappa shape index (κ3) is 4.80. The molecule has 8 aromatic rings. The zero-order valence-corrected chi connectivity index (χ0v) is 28.0. The van der Waals surface area contributed by atoms with Gasteiger partial charge in [-0.15, -0.1) is 0 Å². The normalized spacial score (nSPS) is 11.1. The molecule has 0 radical (unpaired) electrons. The summed E-state index contributed by atoms with van der Waals surface area (Å²) in [6, 6.07) is 62.7. The van der Waals surface area contributed by atoms with Crippen molar-refractivity contribution in [1.29, 1.82) is 10.5 Å². The standard InChI is InChI=1S/C45H28N4Si/c1-48-35-24-26-43-41(29-35)40-19-11-12-20-42(40)49(43)44-27-32(30-46)21-25-39(44)33-22-23-34(31-47)45(28-33)50(36-13-5-2-6-14-36,37-15-7-3-8-16-37)38-17-9-4-10-18-38/h2-29H. The summed E-state index contributed by atoms with van der Waals surface area (Å²) in [5.74, 6) is 0. The van der Waals surface area contributed by atoms with E-state index in [-0.39, 0.29) is 0 Å². The van der Waals surface area contributed by atoms with Gasteiger partial charge in [0.2, 0.25) is 0 Å². The largest absolute Gasteiger partial charge is 0.309 e. The van der Waals surface area contributed by atoms with E-state index in [1.165, 1.54) is 15.6 Å². The summed E-state index contributed by atoms with van der Waals surface area (Å²) in [5.41, 5.74) is 6.42. The Morgan fingerprint density at radius 1 is 0.540 bits per heavy atom. The highest BCUT2D eigenvalue weighted by molar-refractivity contribution is 7.20. The number of aromatic nitrogens is 1. The maximum atomic E-state index is 10.7. The summed E-state index contributed by atoms with van der Waals surface area (Å²) in [4.78, 5) is 3.70. The van der Waals surface area contributed by atoms with E-state index in [1.54, 1.807) is 0 Å². The first-order chi connectivity index (χ1) is 24.7. The molecule has 1 heterocycles. The van der Waals surface area contributed by atoms with Gasteiger partial charge in [-0.05, 0) is 68.1 Å². The van der Waals surface area contributed by atoms with Crippen molar-refractivity contribution in [3.8, 4) is 29.0 Å². The first-order valence-electron chi connectivity index (χ1n) is 16.3. The van der Waals surface area contributed by atoms with Gasteiger partial charge in [0.1, 0.15) is 0 Å². The number of para-hydroxylation sites is 1. The molecule has 0 spiro atoms. The predicted octanol–water partition coefficient (Wildman–Crippen LogP) is 8.12. The molecule has 50 heavy (non-hydrogen) atoms. The van der Waals surface area contributed by atoms with Crippen molar-refractivity contribution in [2.24, 2.45) is 0 Å². The van der Waals surface area contributed by atoms with Gasteiger partial charge in [0.25, 0.3) is 0 Å². The molecule has 232 valence electrons. The molecule has 0 N–H and O–H groups in total. The van der Waals surface area contributed by atoms with Crippen LogP contribution in [-0.2, 0) is 0 Å². The number of fused-ring (bicyclic) bond motifs is 3. The minimum absolute atomic E-state index is 0.544. The van der Waals surface area contributed by atoms with E-state index in [2.05, 4.69) is 113 Å². The molecule has 0 unspecified atom stereocenters. The molecule has 0 saturated heterocycles. The van der Waals surface area contributed by atoms with Crippen LogP contribution in [0.2, 0.25) is 0 Å². The first-order valence-corrected chi connectivity index (χ1v) is 18.3. The van der Waals surface area contributed by atoms with Crippen molar-refractivity contribution in [3.63, 3.8) is 0 Å². The van der Waals surface area contributed by atoms with Gasteiger partial charge in [0.05, 0.1) is 46.6 Å². The summed E-state index contributed by atoms with van der Waals surface area (Å²) in [6.07, 6.45) is 0. The van der Waals surface area contributed by atoms with Gasteiger partial charge in [0.15, 0.2) is 13.8 Å². The number of benzene rings is 7. The van der Waals surface area contributed by atoms with Gasteiger partial charge in [-0.1, -0.05) is 133 Å². The second kappa shape index (κ2) is 12.6. The minimum atomic E-state index is -3.04. The third-order valence-corrected chi connectivity index (χ3v) is 14.4. The molecule has 0 aliphatic carbocycles. The fourth-order valence-corrected chi connectivity index (χ4v) is 12.4. The van der Waals surface area contributed by atoms with Crippen molar-refractivity contribution in [2.75, 3.05) is 0 Å². The Balaban J connectivity index is 1.48. The number of hydrogen-bond donors (Lipinski definition) is 0. The van der Waals surface area contributed by atoms with E-state index >= 15 is 0 Å². The van der Waals surface area contributed by atoms with Gasteiger partial charge in [0, 0.05) is 10.9 Å². The van der Waals surface area contributed by atoms with E-state index in [0.717, 1.165) is 43.8 Å². The summed E-state index contributed by atoms with van der Waals surface area (Å²) in [6.45, 7) is 7.65. The van der Waals surface area contributed by atoms with Crippen LogP contribution in [0.5, 0.6) is 0 Å². The Hall–Kier alpha value is -6.97. The lowest BCUT2D eigenvalue weighted by Gasteiger charge is -2.35. The average Bonchev–Trinajstić information content (AvgIpc) is 3.52. The average molecular weight is 653 g/mol. The third-order valence-electron chi connectivity index (χ3n) is 9.63. The molecule has 8 rings (SSSR count). The lowest BCUT2D eigenvalue weighted by atomic mass is 10.00. The summed E-state index contributed by atoms with van der Waals surface area (Å²) < 4.78 is 2.20. The van der Waals surface area contributed by atoms with Gasteiger partial charge >= 0.3 is 0 Å². The zero-order chi connectivity index (χ0) is 34.1. The molecule has 0 amide bonds. The van der Waals surface area contributed by atoms with E-state index in [4.69, 9.17) is 6.57 Å². The van der Waals surface area contributed by atoms with Crippen LogP contribution >= 0.6 is 0 Å². The van der Waals surface area contributed by atoms with Crippen LogP contribution in [0, 0.1) is 29.2 Å². The Kier molecular flexibility index (Phi) is 7.63. The number of rotatable bonds is 6. The maximum absolute atomic E-state index is 10.7. The molecule has 0 bridgehead atoms. The van der Waals surface area contributed by atoms with Crippen molar-refractivity contribution in [3.05, 3.63) is 192 Å². The van der Waals surface area contributed by atoms with Crippen LogP contribution in [0.15, 0.2) is 170 Å². The van der Waals surface area contributed by atoms with Gasteiger partial charge < -0.3 is 4.57 Å².